The predicted molar refractivity (Wildman–Crippen MR) is 391 cm³/mol. The summed E-state index contributed by atoms with van der Waals surface area (Å²) < 4.78 is 68.6. The molecule has 0 fully saturated rings. The van der Waals surface area contributed by atoms with Crippen molar-refractivity contribution in [3.05, 3.63) is 0 Å². The molecule has 0 saturated heterocycles. The second-order valence-electron chi connectivity index (χ2n) is 29.2. The summed E-state index contributed by atoms with van der Waals surface area (Å²) in [5.41, 5.74) is 0. The minimum absolute atomic E-state index is 0.105. The molecule has 3 N–H and O–H groups in total. The van der Waals surface area contributed by atoms with Gasteiger partial charge in [-0.3, -0.25) is 37.3 Å². The third kappa shape index (κ3) is 70.5. The van der Waals surface area contributed by atoms with E-state index in [0.717, 1.165) is 108 Å². The second kappa shape index (κ2) is 67.5. The van der Waals surface area contributed by atoms with Crippen LogP contribution in [0.4, 0.5) is 0 Å². The zero-order valence-corrected chi connectivity index (χ0v) is 64.6. The first kappa shape index (κ1) is 94.1. The number of phosphoric ester groups is 2. The highest BCUT2D eigenvalue weighted by molar-refractivity contribution is 7.47. The Bertz CT molecular complexity index is 1870. The highest BCUT2D eigenvalue weighted by Crippen LogP contribution is 2.45. The van der Waals surface area contributed by atoms with Gasteiger partial charge < -0.3 is 33.8 Å². The quantitative estimate of drug-likeness (QED) is 0.0222. The summed E-state index contributed by atoms with van der Waals surface area (Å²) in [6.45, 7) is 11.9. The third-order valence-electron chi connectivity index (χ3n) is 17.9. The van der Waals surface area contributed by atoms with Gasteiger partial charge in [0.15, 0.2) is 12.2 Å². The van der Waals surface area contributed by atoms with Gasteiger partial charge in [-0.2, -0.15) is 0 Å². The molecule has 19 heteroatoms. The first-order valence-electron chi connectivity index (χ1n) is 39.8. The molecule has 0 aliphatic heterocycles. The van der Waals surface area contributed by atoms with Crippen molar-refractivity contribution in [2.45, 2.75) is 414 Å². The Balaban J connectivity index is 5.24. The van der Waals surface area contributed by atoms with Crippen LogP contribution in [0.3, 0.4) is 0 Å². The number of ether oxygens (including phenoxy) is 4. The van der Waals surface area contributed by atoms with E-state index >= 15 is 0 Å². The van der Waals surface area contributed by atoms with E-state index in [1.54, 1.807) is 0 Å². The standard InChI is InChI=1S/C77H150O17P2/c1-8-9-10-11-12-13-14-15-16-17-18-19-20-21-22-30-39-46-53-60-76(81)93-72(64-87-74(79)58-51-44-37-29-25-23-27-34-41-48-55-68(2)3)66-91-95(83,84)89-62-71(78)63-90-96(85,86)92-67-73(65-88-75(80)59-52-45-38-33-32-36-43-50-57-70(6)7)94-77(82)61-54-47-40-31-26-24-28-35-42-49-56-69(4)5/h68-73,78H,8-67H2,1-7H3,(H,83,84)(H,85,86)/t71-,72-,73-/m1/s1. The molecule has 0 aromatic rings. The topological polar surface area (TPSA) is 237 Å². The Hall–Kier alpha value is -1.94. The van der Waals surface area contributed by atoms with Crippen molar-refractivity contribution in [1.29, 1.82) is 0 Å². The Kier molecular flexibility index (Phi) is 66.2. The highest BCUT2D eigenvalue weighted by atomic mass is 31.2. The van der Waals surface area contributed by atoms with Crippen LogP contribution in [0.5, 0.6) is 0 Å². The number of unbranched alkanes of at least 4 members (excludes halogenated alkanes) is 43. The maximum atomic E-state index is 13.1. The maximum Gasteiger partial charge on any atom is 0.472 e. The van der Waals surface area contributed by atoms with Gasteiger partial charge >= 0.3 is 39.5 Å². The highest BCUT2D eigenvalue weighted by Gasteiger charge is 2.30. The fourth-order valence-electron chi connectivity index (χ4n) is 11.8. The number of hydrogen-bond donors (Lipinski definition) is 3. The van der Waals surface area contributed by atoms with Crippen molar-refractivity contribution in [3.63, 3.8) is 0 Å². The van der Waals surface area contributed by atoms with E-state index in [1.165, 1.54) is 205 Å². The van der Waals surface area contributed by atoms with Gasteiger partial charge in [0.25, 0.3) is 0 Å². The minimum atomic E-state index is -4.96. The number of rotatable bonds is 75. The summed E-state index contributed by atoms with van der Waals surface area (Å²) in [5.74, 6) is 0.119. The van der Waals surface area contributed by atoms with Crippen LogP contribution >= 0.6 is 15.6 Å². The zero-order chi connectivity index (χ0) is 70.9. The summed E-state index contributed by atoms with van der Waals surface area (Å²) >= 11 is 0. The number of aliphatic hydroxyl groups is 1. The lowest BCUT2D eigenvalue weighted by Crippen LogP contribution is -2.30. The van der Waals surface area contributed by atoms with E-state index in [1.807, 2.05) is 0 Å². The maximum absolute atomic E-state index is 13.1. The van der Waals surface area contributed by atoms with Gasteiger partial charge in [0, 0.05) is 25.7 Å². The Morgan fingerprint density at radius 1 is 0.281 bits per heavy atom. The summed E-state index contributed by atoms with van der Waals surface area (Å²) in [4.78, 5) is 72.9. The van der Waals surface area contributed by atoms with Crippen LogP contribution in [0.25, 0.3) is 0 Å². The van der Waals surface area contributed by atoms with Crippen molar-refractivity contribution >= 4 is 39.5 Å². The molecule has 570 valence electrons. The van der Waals surface area contributed by atoms with Gasteiger partial charge in [0.05, 0.1) is 26.4 Å². The number of aliphatic hydroxyl groups excluding tert-OH is 1. The van der Waals surface area contributed by atoms with Crippen molar-refractivity contribution < 1.29 is 80.2 Å². The lowest BCUT2D eigenvalue weighted by Gasteiger charge is -2.21. The number of hydrogen-bond acceptors (Lipinski definition) is 15. The largest absolute Gasteiger partial charge is 0.472 e. The molecular weight excluding hydrogens is 1260 g/mol. The monoisotopic (exact) mass is 1410 g/mol. The summed E-state index contributed by atoms with van der Waals surface area (Å²) in [6, 6.07) is 0. The molecule has 0 aliphatic carbocycles. The van der Waals surface area contributed by atoms with Gasteiger partial charge in [-0.05, 0) is 43.4 Å². The zero-order valence-electron chi connectivity index (χ0n) is 62.8. The van der Waals surface area contributed by atoms with E-state index in [-0.39, 0.29) is 25.7 Å². The van der Waals surface area contributed by atoms with E-state index in [4.69, 9.17) is 37.0 Å². The van der Waals surface area contributed by atoms with E-state index in [9.17, 15) is 43.2 Å². The molecule has 0 aromatic heterocycles. The number of phosphoric acid groups is 2. The van der Waals surface area contributed by atoms with Crippen LogP contribution in [0.15, 0.2) is 0 Å². The third-order valence-corrected chi connectivity index (χ3v) is 19.8. The lowest BCUT2D eigenvalue weighted by atomic mass is 10.0. The van der Waals surface area contributed by atoms with Crippen molar-refractivity contribution in [3.8, 4) is 0 Å². The number of carbonyl (C=O) groups is 4. The molecule has 0 saturated carbocycles. The van der Waals surface area contributed by atoms with Crippen LogP contribution in [-0.2, 0) is 65.4 Å². The van der Waals surface area contributed by atoms with Crippen LogP contribution in [0, 0.1) is 17.8 Å². The lowest BCUT2D eigenvalue weighted by molar-refractivity contribution is -0.161. The Labute approximate surface area is 588 Å². The van der Waals surface area contributed by atoms with Gasteiger partial charge in [-0.15, -0.1) is 0 Å². The molecule has 0 spiro atoms. The summed E-state index contributed by atoms with van der Waals surface area (Å²) in [5, 5.41) is 10.6. The number of esters is 4. The average molecular weight is 1410 g/mol. The molecule has 5 atom stereocenters. The smallest absolute Gasteiger partial charge is 0.462 e. The molecule has 0 rings (SSSR count). The molecule has 0 amide bonds. The first-order chi connectivity index (χ1) is 46.2. The predicted octanol–water partition coefficient (Wildman–Crippen LogP) is 22.6. The van der Waals surface area contributed by atoms with Crippen molar-refractivity contribution in [2.75, 3.05) is 39.6 Å². The molecule has 17 nitrogen and oxygen atoms in total. The summed E-state index contributed by atoms with van der Waals surface area (Å²) in [6.07, 6.45) is 54.2. The molecule has 0 bridgehead atoms. The van der Waals surface area contributed by atoms with Crippen molar-refractivity contribution in [2.24, 2.45) is 17.8 Å². The molecule has 0 aliphatic rings. The normalized spacial score (nSPS) is 14.1. The SMILES string of the molecule is CCCCCCCCCCCCCCCCCCCCCC(=O)O[C@H](COC(=O)CCCCCCCCCCCCC(C)C)COP(=O)(O)OC[C@@H](O)COP(=O)(O)OC[C@@H](COC(=O)CCCCCCCCCCC(C)C)OC(=O)CCCCCCCCCCCCC(C)C. The second-order valence-corrected chi connectivity index (χ2v) is 32.1. The van der Waals surface area contributed by atoms with E-state index < -0.39 is 97.5 Å². The molecule has 0 heterocycles. The van der Waals surface area contributed by atoms with Gasteiger partial charge in [-0.25, -0.2) is 9.13 Å². The molecule has 0 aromatic carbocycles. The first-order valence-corrected chi connectivity index (χ1v) is 42.8. The molecule has 96 heavy (non-hydrogen) atoms. The summed E-state index contributed by atoms with van der Waals surface area (Å²) in [7, 11) is -9.91. The average Bonchev–Trinajstić information content (AvgIpc) is 1.12. The molecular formula is C77H150O17P2. The fraction of sp³-hybridized carbons (Fsp3) is 0.948. The molecule has 2 unspecified atom stereocenters. The van der Waals surface area contributed by atoms with Crippen LogP contribution in [-0.4, -0.2) is 96.7 Å². The van der Waals surface area contributed by atoms with Crippen LogP contribution in [0.2, 0.25) is 0 Å². The Morgan fingerprint density at radius 3 is 0.708 bits per heavy atom. The van der Waals surface area contributed by atoms with Crippen LogP contribution < -0.4 is 0 Å². The Morgan fingerprint density at radius 2 is 0.479 bits per heavy atom. The fourth-order valence-corrected chi connectivity index (χ4v) is 13.4. The van der Waals surface area contributed by atoms with E-state index in [0.29, 0.717) is 25.7 Å². The van der Waals surface area contributed by atoms with Gasteiger partial charge in [0.2, 0.25) is 0 Å². The molecule has 0 radical (unpaired) electrons. The van der Waals surface area contributed by atoms with Gasteiger partial charge in [-0.1, -0.05) is 344 Å². The number of carbonyl (C=O) groups excluding carboxylic acids is 4. The van der Waals surface area contributed by atoms with Gasteiger partial charge in [0.1, 0.15) is 19.3 Å². The van der Waals surface area contributed by atoms with E-state index in [2.05, 4.69) is 48.5 Å². The van der Waals surface area contributed by atoms with Crippen molar-refractivity contribution in [1.82, 2.24) is 0 Å². The minimum Gasteiger partial charge on any atom is -0.462 e. The van der Waals surface area contributed by atoms with Crippen LogP contribution in [0.1, 0.15) is 395 Å².